The summed E-state index contributed by atoms with van der Waals surface area (Å²) in [6.07, 6.45) is 1.38. The van der Waals surface area contributed by atoms with Crippen LogP contribution in [0.4, 0.5) is 0 Å². The summed E-state index contributed by atoms with van der Waals surface area (Å²) in [5.74, 6) is -0.758. The van der Waals surface area contributed by atoms with Crippen molar-refractivity contribution < 1.29 is 18.0 Å². The number of amides is 2. The average molecular weight is 396 g/mol. The fraction of sp³-hybridized carbons (Fsp3) is 0.375. The molecule has 2 aromatic heterocycles. The molecule has 8 nitrogen and oxygen atoms in total. The van der Waals surface area contributed by atoms with Crippen LogP contribution in [-0.2, 0) is 17.1 Å². The maximum absolute atomic E-state index is 12.8. The van der Waals surface area contributed by atoms with Crippen LogP contribution < -0.4 is 5.73 Å². The van der Waals surface area contributed by atoms with Crippen LogP contribution in [0.25, 0.3) is 0 Å². The number of rotatable bonds is 4. The zero-order chi connectivity index (χ0) is 19.1. The lowest BCUT2D eigenvalue weighted by atomic mass is 10.3. The van der Waals surface area contributed by atoms with Gasteiger partial charge in [0.2, 0.25) is 10.0 Å². The number of thiophene rings is 1. The van der Waals surface area contributed by atoms with Crippen LogP contribution >= 0.6 is 11.3 Å². The Labute approximate surface area is 155 Å². The van der Waals surface area contributed by atoms with Crippen molar-refractivity contribution in [1.82, 2.24) is 13.8 Å². The van der Waals surface area contributed by atoms with Gasteiger partial charge in [0.15, 0.2) is 0 Å². The lowest BCUT2D eigenvalue weighted by molar-refractivity contribution is 0.0702. The molecule has 2 N–H and O–H groups in total. The van der Waals surface area contributed by atoms with Gasteiger partial charge in [0, 0.05) is 44.3 Å². The molecule has 0 unspecified atom stereocenters. The summed E-state index contributed by atoms with van der Waals surface area (Å²) in [6.45, 7) is 3.00. The molecule has 1 aliphatic rings. The third-order valence-electron chi connectivity index (χ3n) is 4.35. The van der Waals surface area contributed by atoms with Crippen LogP contribution in [0.15, 0.2) is 29.3 Å². The molecule has 10 heteroatoms. The minimum absolute atomic E-state index is 0.0301. The van der Waals surface area contributed by atoms with E-state index in [0.717, 1.165) is 4.88 Å². The Morgan fingerprint density at radius 3 is 2.31 bits per heavy atom. The van der Waals surface area contributed by atoms with Crippen LogP contribution in [0.5, 0.6) is 0 Å². The molecule has 1 aliphatic heterocycles. The molecule has 2 amide bonds. The molecule has 3 heterocycles. The van der Waals surface area contributed by atoms with Crippen molar-refractivity contribution in [2.24, 2.45) is 12.8 Å². The third kappa shape index (κ3) is 3.39. The van der Waals surface area contributed by atoms with E-state index in [9.17, 15) is 18.0 Å². The van der Waals surface area contributed by atoms with Crippen molar-refractivity contribution in [3.8, 4) is 0 Å². The van der Waals surface area contributed by atoms with E-state index in [2.05, 4.69) is 0 Å². The first-order valence-electron chi connectivity index (χ1n) is 8.02. The molecular formula is C16H20N4O4S2. The second-order valence-corrected chi connectivity index (χ2v) is 9.37. The van der Waals surface area contributed by atoms with Gasteiger partial charge in [-0.1, -0.05) is 0 Å². The van der Waals surface area contributed by atoms with E-state index in [0.29, 0.717) is 18.0 Å². The van der Waals surface area contributed by atoms with Gasteiger partial charge in [-0.2, -0.15) is 4.31 Å². The number of nitrogens with zero attached hydrogens (tertiary/aromatic N) is 3. The number of sulfonamides is 1. The summed E-state index contributed by atoms with van der Waals surface area (Å²) < 4.78 is 28.3. The summed E-state index contributed by atoms with van der Waals surface area (Å²) in [4.78, 5) is 27.2. The van der Waals surface area contributed by atoms with E-state index in [4.69, 9.17) is 5.73 Å². The molecule has 3 rings (SSSR count). The van der Waals surface area contributed by atoms with Crippen LogP contribution in [0, 0.1) is 6.92 Å². The predicted octanol–water partition coefficient (Wildman–Crippen LogP) is 0.641. The number of aromatic nitrogens is 1. The van der Waals surface area contributed by atoms with E-state index < -0.39 is 15.9 Å². The van der Waals surface area contributed by atoms with Crippen molar-refractivity contribution in [3.05, 3.63) is 39.8 Å². The molecule has 2 aromatic rings. The van der Waals surface area contributed by atoms with Crippen LogP contribution in [0.3, 0.4) is 0 Å². The van der Waals surface area contributed by atoms with Gasteiger partial charge in [-0.25, -0.2) is 8.42 Å². The minimum atomic E-state index is -3.74. The predicted molar refractivity (Wildman–Crippen MR) is 97.6 cm³/mol. The molecule has 0 atom stereocenters. The summed E-state index contributed by atoms with van der Waals surface area (Å²) >= 11 is 1.43. The first-order chi connectivity index (χ1) is 12.2. The number of aryl methyl sites for hydroxylation is 2. The first-order valence-corrected chi connectivity index (χ1v) is 10.3. The van der Waals surface area contributed by atoms with Gasteiger partial charge >= 0.3 is 0 Å². The average Bonchev–Trinajstić information content (AvgIpc) is 3.20. The molecule has 0 aromatic carbocycles. The second-order valence-electron chi connectivity index (χ2n) is 6.14. The third-order valence-corrected chi connectivity index (χ3v) is 7.20. The summed E-state index contributed by atoms with van der Waals surface area (Å²) in [6, 6.07) is 4.97. The monoisotopic (exact) mass is 396 g/mol. The molecule has 0 radical (unpaired) electrons. The van der Waals surface area contributed by atoms with Gasteiger partial charge in [-0.05, 0) is 25.1 Å². The highest BCUT2D eigenvalue weighted by molar-refractivity contribution is 7.89. The van der Waals surface area contributed by atoms with Crippen molar-refractivity contribution >= 4 is 33.2 Å². The highest BCUT2D eigenvalue weighted by Gasteiger charge is 2.32. The molecular weight excluding hydrogens is 376 g/mol. The maximum Gasteiger partial charge on any atom is 0.265 e. The van der Waals surface area contributed by atoms with E-state index >= 15 is 0 Å². The zero-order valence-electron chi connectivity index (χ0n) is 14.5. The normalized spacial score (nSPS) is 16.0. The number of carbonyl (C=O) groups is 2. The lowest BCUT2D eigenvalue weighted by Gasteiger charge is -2.33. The Bertz CT molecular complexity index is 953. The molecule has 1 fully saturated rings. The smallest absolute Gasteiger partial charge is 0.265 e. The van der Waals surface area contributed by atoms with Gasteiger partial charge < -0.3 is 15.2 Å². The van der Waals surface area contributed by atoms with Crippen LogP contribution in [-0.4, -0.2) is 60.2 Å². The second kappa shape index (κ2) is 6.86. The van der Waals surface area contributed by atoms with Crippen molar-refractivity contribution in [1.29, 1.82) is 0 Å². The Morgan fingerprint density at radius 2 is 1.81 bits per heavy atom. The molecule has 1 saturated heterocycles. The van der Waals surface area contributed by atoms with E-state index in [1.165, 1.54) is 32.5 Å². The maximum atomic E-state index is 12.8. The van der Waals surface area contributed by atoms with Gasteiger partial charge in [0.05, 0.1) is 4.88 Å². The summed E-state index contributed by atoms with van der Waals surface area (Å²) in [7, 11) is -2.17. The number of hydrogen-bond donors (Lipinski definition) is 1. The molecule has 0 bridgehead atoms. The Balaban J connectivity index is 1.71. The Kier molecular flexibility index (Phi) is 4.91. The minimum Gasteiger partial charge on any atom is -0.364 e. The lowest BCUT2D eigenvalue weighted by Crippen LogP contribution is -2.50. The molecule has 26 heavy (non-hydrogen) atoms. The zero-order valence-corrected chi connectivity index (χ0v) is 16.1. The van der Waals surface area contributed by atoms with E-state index in [-0.39, 0.29) is 29.6 Å². The SMILES string of the molecule is Cc1ccc(C(=O)N2CCN(S(=O)(=O)c3cc(C(N)=O)n(C)c3)CC2)s1. The number of primary amides is 1. The van der Waals surface area contributed by atoms with Crippen molar-refractivity contribution in [3.63, 3.8) is 0 Å². The summed E-state index contributed by atoms with van der Waals surface area (Å²) in [5, 5.41) is 0. The van der Waals surface area contributed by atoms with Gasteiger partial charge in [0.25, 0.3) is 11.8 Å². The van der Waals surface area contributed by atoms with E-state index in [1.54, 1.807) is 18.0 Å². The van der Waals surface area contributed by atoms with Gasteiger partial charge in [0.1, 0.15) is 10.6 Å². The fourth-order valence-corrected chi connectivity index (χ4v) is 5.24. The van der Waals surface area contributed by atoms with Crippen molar-refractivity contribution in [2.45, 2.75) is 11.8 Å². The molecule has 0 aliphatic carbocycles. The number of nitrogens with two attached hydrogens (primary N) is 1. The number of hydrogen-bond acceptors (Lipinski definition) is 5. The van der Waals surface area contributed by atoms with Crippen LogP contribution in [0.2, 0.25) is 0 Å². The molecule has 140 valence electrons. The molecule has 0 spiro atoms. The Hall–Kier alpha value is -2.17. The quantitative estimate of drug-likeness (QED) is 0.818. The number of piperazine rings is 1. The standard InChI is InChI=1S/C16H20N4O4S2/c1-11-3-4-14(25-11)16(22)19-5-7-20(8-6-19)26(23,24)12-9-13(15(17)21)18(2)10-12/h3-4,9-10H,5-8H2,1-2H3,(H2,17,21). The molecule has 0 saturated carbocycles. The highest BCUT2D eigenvalue weighted by Crippen LogP contribution is 2.22. The van der Waals surface area contributed by atoms with Crippen molar-refractivity contribution in [2.75, 3.05) is 26.2 Å². The largest absolute Gasteiger partial charge is 0.364 e. The fourth-order valence-electron chi connectivity index (χ4n) is 2.91. The number of carbonyl (C=O) groups excluding carboxylic acids is 2. The first kappa shape index (κ1) is 18.6. The van der Waals surface area contributed by atoms with E-state index in [1.807, 2.05) is 13.0 Å². The topological polar surface area (TPSA) is 106 Å². The van der Waals surface area contributed by atoms with Crippen LogP contribution in [0.1, 0.15) is 25.0 Å². The Morgan fingerprint density at radius 1 is 1.15 bits per heavy atom. The highest BCUT2D eigenvalue weighted by atomic mass is 32.2. The van der Waals surface area contributed by atoms with Gasteiger partial charge in [-0.15, -0.1) is 11.3 Å². The van der Waals surface area contributed by atoms with Gasteiger partial charge in [-0.3, -0.25) is 9.59 Å². The summed E-state index contributed by atoms with van der Waals surface area (Å²) in [5.41, 5.74) is 5.38.